The van der Waals surface area contributed by atoms with Crippen molar-refractivity contribution in [2.75, 3.05) is 13.7 Å². The van der Waals surface area contributed by atoms with E-state index in [1.807, 2.05) is 25.1 Å². The van der Waals surface area contributed by atoms with Crippen LogP contribution in [0.3, 0.4) is 0 Å². The van der Waals surface area contributed by atoms with E-state index >= 15 is 0 Å². The zero-order valence-electron chi connectivity index (χ0n) is 12.8. The van der Waals surface area contributed by atoms with E-state index in [1.54, 1.807) is 7.11 Å². The summed E-state index contributed by atoms with van der Waals surface area (Å²) in [6.45, 7) is 2.69. The second-order valence-electron chi connectivity index (χ2n) is 5.54. The van der Waals surface area contributed by atoms with Gasteiger partial charge in [-0.3, -0.25) is 5.84 Å². The van der Waals surface area contributed by atoms with Crippen LogP contribution >= 0.6 is 11.6 Å². The molecule has 1 atom stereocenters. The van der Waals surface area contributed by atoms with Gasteiger partial charge in [-0.2, -0.15) is 0 Å². The standard InChI is InChI=1S/C16H25ClN2O2/c1-3-21-16(9-5-4-6-10-16)15(19-18)13-11-12(17)7-8-14(13)20-2/h7-8,11,15,19H,3-6,9-10,18H2,1-2H3. The Morgan fingerprint density at radius 1 is 1.33 bits per heavy atom. The fourth-order valence-electron chi connectivity index (χ4n) is 3.41. The second kappa shape index (κ2) is 7.45. The van der Waals surface area contributed by atoms with E-state index in [1.165, 1.54) is 6.42 Å². The predicted octanol–water partition coefficient (Wildman–Crippen LogP) is 3.59. The predicted molar refractivity (Wildman–Crippen MR) is 85.5 cm³/mol. The summed E-state index contributed by atoms with van der Waals surface area (Å²) in [6.07, 6.45) is 5.54. The van der Waals surface area contributed by atoms with Crippen molar-refractivity contribution in [1.29, 1.82) is 0 Å². The highest BCUT2D eigenvalue weighted by atomic mass is 35.5. The van der Waals surface area contributed by atoms with Crippen LogP contribution in [0.15, 0.2) is 18.2 Å². The van der Waals surface area contributed by atoms with Gasteiger partial charge in [-0.25, -0.2) is 5.43 Å². The summed E-state index contributed by atoms with van der Waals surface area (Å²) in [5.74, 6) is 6.68. The van der Waals surface area contributed by atoms with Crippen LogP contribution in [-0.2, 0) is 4.74 Å². The molecule has 0 radical (unpaired) electrons. The average Bonchev–Trinajstić information content (AvgIpc) is 2.49. The summed E-state index contributed by atoms with van der Waals surface area (Å²) in [4.78, 5) is 0. The number of halogens is 1. The Labute approximate surface area is 131 Å². The Morgan fingerprint density at radius 3 is 2.62 bits per heavy atom. The van der Waals surface area contributed by atoms with Gasteiger partial charge in [0.2, 0.25) is 0 Å². The van der Waals surface area contributed by atoms with E-state index in [4.69, 9.17) is 26.9 Å². The first-order valence-electron chi connectivity index (χ1n) is 7.60. The van der Waals surface area contributed by atoms with Crippen molar-refractivity contribution < 1.29 is 9.47 Å². The molecule has 0 amide bonds. The Balaban J connectivity index is 2.42. The molecule has 1 aromatic rings. The molecule has 118 valence electrons. The van der Waals surface area contributed by atoms with Crippen LogP contribution in [0.2, 0.25) is 5.02 Å². The maximum absolute atomic E-state index is 6.18. The fourth-order valence-corrected chi connectivity index (χ4v) is 3.59. The number of rotatable bonds is 6. The van der Waals surface area contributed by atoms with Gasteiger partial charge in [0.15, 0.2) is 0 Å². The van der Waals surface area contributed by atoms with Crippen LogP contribution in [0, 0.1) is 0 Å². The van der Waals surface area contributed by atoms with Crippen molar-refractivity contribution in [2.24, 2.45) is 5.84 Å². The largest absolute Gasteiger partial charge is 0.496 e. The van der Waals surface area contributed by atoms with Gasteiger partial charge < -0.3 is 9.47 Å². The maximum atomic E-state index is 6.18. The Bertz CT molecular complexity index is 456. The minimum absolute atomic E-state index is 0.133. The molecule has 1 aliphatic rings. The van der Waals surface area contributed by atoms with Crippen LogP contribution in [0.5, 0.6) is 5.75 Å². The molecule has 5 heteroatoms. The summed E-state index contributed by atoms with van der Waals surface area (Å²) < 4.78 is 11.7. The smallest absolute Gasteiger partial charge is 0.123 e. The van der Waals surface area contributed by atoms with Gasteiger partial charge in [-0.1, -0.05) is 30.9 Å². The highest BCUT2D eigenvalue weighted by Crippen LogP contribution is 2.44. The van der Waals surface area contributed by atoms with Gasteiger partial charge >= 0.3 is 0 Å². The first-order chi connectivity index (χ1) is 10.2. The summed E-state index contributed by atoms with van der Waals surface area (Å²) >= 11 is 6.17. The SMILES string of the molecule is CCOC1(C(NN)c2cc(Cl)ccc2OC)CCCCC1. The van der Waals surface area contributed by atoms with Crippen LogP contribution in [0.25, 0.3) is 0 Å². The van der Waals surface area contributed by atoms with Crippen molar-refractivity contribution in [3.63, 3.8) is 0 Å². The lowest BCUT2D eigenvalue weighted by Crippen LogP contribution is -2.50. The fraction of sp³-hybridized carbons (Fsp3) is 0.625. The molecule has 1 aliphatic carbocycles. The molecule has 1 saturated carbocycles. The lowest BCUT2D eigenvalue weighted by Gasteiger charge is -2.43. The van der Waals surface area contributed by atoms with E-state index in [-0.39, 0.29) is 11.6 Å². The average molecular weight is 313 g/mol. The van der Waals surface area contributed by atoms with Crippen molar-refractivity contribution >= 4 is 11.6 Å². The zero-order valence-corrected chi connectivity index (χ0v) is 13.6. The molecule has 0 spiro atoms. The Kier molecular flexibility index (Phi) is 5.88. The van der Waals surface area contributed by atoms with Gasteiger partial charge in [0.25, 0.3) is 0 Å². The number of hydrazine groups is 1. The van der Waals surface area contributed by atoms with Crippen LogP contribution in [0.1, 0.15) is 50.6 Å². The van der Waals surface area contributed by atoms with E-state index in [9.17, 15) is 0 Å². The first-order valence-corrected chi connectivity index (χ1v) is 7.98. The molecule has 3 N–H and O–H groups in total. The topological polar surface area (TPSA) is 56.5 Å². The molecule has 0 aromatic heterocycles. The number of hydrogen-bond donors (Lipinski definition) is 2. The minimum atomic E-state index is -0.292. The molecule has 0 heterocycles. The molecule has 21 heavy (non-hydrogen) atoms. The number of nitrogens with one attached hydrogen (secondary N) is 1. The molecule has 1 fully saturated rings. The third-order valence-corrected chi connectivity index (χ3v) is 4.56. The molecular weight excluding hydrogens is 288 g/mol. The minimum Gasteiger partial charge on any atom is -0.496 e. The normalized spacial score (nSPS) is 19.2. The summed E-state index contributed by atoms with van der Waals surface area (Å²) in [5.41, 5.74) is 3.62. The summed E-state index contributed by atoms with van der Waals surface area (Å²) in [5, 5.41) is 0.675. The first kappa shape index (κ1) is 16.6. The Morgan fingerprint density at radius 2 is 2.05 bits per heavy atom. The maximum Gasteiger partial charge on any atom is 0.123 e. The van der Waals surface area contributed by atoms with Crippen LogP contribution in [0.4, 0.5) is 0 Å². The van der Waals surface area contributed by atoms with Gasteiger partial charge in [-0.05, 0) is 38.0 Å². The molecule has 1 aromatic carbocycles. The molecule has 1 unspecified atom stereocenters. The highest BCUT2D eigenvalue weighted by molar-refractivity contribution is 6.30. The third kappa shape index (κ3) is 3.51. The molecule has 2 rings (SSSR count). The number of hydrogen-bond acceptors (Lipinski definition) is 4. The van der Waals surface area contributed by atoms with Gasteiger partial charge in [0.05, 0.1) is 18.8 Å². The van der Waals surface area contributed by atoms with E-state index in [0.29, 0.717) is 11.6 Å². The number of methoxy groups -OCH3 is 1. The second-order valence-corrected chi connectivity index (χ2v) is 5.98. The molecule has 0 aliphatic heterocycles. The third-order valence-electron chi connectivity index (χ3n) is 4.33. The van der Waals surface area contributed by atoms with Crippen LogP contribution < -0.4 is 16.0 Å². The summed E-state index contributed by atoms with van der Waals surface area (Å²) in [7, 11) is 1.66. The number of benzene rings is 1. The highest BCUT2D eigenvalue weighted by Gasteiger charge is 2.42. The lowest BCUT2D eigenvalue weighted by molar-refractivity contribution is -0.0917. The van der Waals surface area contributed by atoms with Gasteiger partial charge in [0.1, 0.15) is 5.75 Å². The number of nitrogens with two attached hydrogens (primary N) is 1. The lowest BCUT2D eigenvalue weighted by atomic mass is 9.76. The van der Waals surface area contributed by atoms with E-state index < -0.39 is 0 Å². The van der Waals surface area contributed by atoms with Crippen molar-refractivity contribution in [3.05, 3.63) is 28.8 Å². The van der Waals surface area contributed by atoms with Crippen LogP contribution in [-0.4, -0.2) is 19.3 Å². The van der Waals surface area contributed by atoms with Gasteiger partial charge in [0, 0.05) is 17.2 Å². The molecular formula is C16H25ClN2O2. The Hall–Kier alpha value is -0.810. The van der Waals surface area contributed by atoms with Gasteiger partial charge in [-0.15, -0.1) is 0 Å². The monoisotopic (exact) mass is 312 g/mol. The van der Waals surface area contributed by atoms with Crippen molar-refractivity contribution in [1.82, 2.24) is 5.43 Å². The van der Waals surface area contributed by atoms with Crippen molar-refractivity contribution in [2.45, 2.75) is 50.7 Å². The molecule has 0 bridgehead atoms. The van der Waals surface area contributed by atoms with Crippen molar-refractivity contribution in [3.8, 4) is 5.75 Å². The molecule has 4 nitrogen and oxygen atoms in total. The van der Waals surface area contributed by atoms with E-state index in [2.05, 4.69) is 5.43 Å². The molecule has 0 saturated heterocycles. The number of ether oxygens (including phenoxy) is 2. The quantitative estimate of drug-likeness (QED) is 0.622. The summed E-state index contributed by atoms with van der Waals surface area (Å²) in [6, 6.07) is 5.49. The van der Waals surface area contributed by atoms with E-state index in [0.717, 1.165) is 37.0 Å². The zero-order chi connectivity index (χ0) is 15.3.